The average Bonchev–Trinajstić information content (AvgIpc) is 2.69. The second-order valence-corrected chi connectivity index (χ2v) is 6.57. The molecule has 1 unspecified atom stereocenters. The van der Waals surface area contributed by atoms with Crippen LogP contribution in [0.25, 0.3) is 0 Å². The van der Waals surface area contributed by atoms with Crippen LogP contribution in [-0.4, -0.2) is 47.1 Å². The number of ether oxygens (including phenoxy) is 2. The molecule has 1 aromatic heterocycles. The zero-order valence-electron chi connectivity index (χ0n) is 17.0. The molecule has 0 aliphatic heterocycles. The van der Waals surface area contributed by atoms with Crippen LogP contribution in [-0.2, 0) is 20.6 Å². The molecule has 1 atom stereocenters. The summed E-state index contributed by atoms with van der Waals surface area (Å²) in [6.07, 6.45) is 0. The van der Waals surface area contributed by atoms with Gasteiger partial charge in [0.1, 0.15) is 11.4 Å². The first kappa shape index (κ1) is 21.2. The van der Waals surface area contributed by atoms with Gasteiger partial charge in [0.05, 0.1) is 20.3 Å². The zero-order chi connectivity index (χ0) is 21.2. The standard InChI is InChI=1S/C19H26N4O5/c1-11(15(24)14-17(20)22(3)19(26)23(4)18(14)25)21(2)10-12-8-7-9-13(27-5)16(12)28-6/h7-9,11H,10,20H2,1-6H3. The Morgan fingerprint density at radius 1 is 1.18 bits per heavy atom. The van der Waals surface area contributed by atoms with Gasteiger partial charge in [-0.2, -0.15) is 0 Å². The van der Waals surface area contributed by atoms with Crippen molar-refractivity contribution < 1.29 is 14.3 Å². The minimum atomic E-state index is -0.704. The minimum Gasteiger partial charge on any atom is -0.493 e. The predicted octanol–water partition coefficient (Wildman–Crippen LogP) is 0.387. The Morgan fingerprint density at radius 2 is 1.82 bits per heavy atom. The lowest BCUT2D eigenvalue weighted by Gasteiger charge is -2.25. The number of methoxy groups -OCH3 is 2. The normalized spacial score (nSPS) is 12.1. The highest BCUT2D eigenvalue weighted by Crippen LogP contribution is 2.31. The van der Waals surface area contributed by atoms with Crippen molar-refractivity contribution in [2.75, 3.05) is 27.0 Å². The molecule has 0 fully saturated rings. The van der Waals surface area contributed by atoms with Crippen LogP contribution in [0.3, 0.4) is 0 Å². The number of aromatic nitrogens is 2. The third kappa shape index (κ3) is 3.65. The van der Waals surface area contributed by atoms with Crippen molar-refractivity contribution >= 4 is 11.6 Å². The number of benzene rings is 1. The molecule has 9 heteroatoms. The number of ketones is 1. The second kappa shape index (κ2) is 8.30. The molecule has 0 saturated heterocycles. The van der Waals surface area contributed by atoms with Crippen LogP contribution in [0.5, 0.6) is 11.5 Å². The average molecular weight is 390 g/mol. The summed E-state index contributed by atoms with van der Waals surface area (Å²) in [6, 6.07) is 4.82. The van der Waals surface area contributed by atoms with E-state index in [9.17, 15) is 14.4 Å². The van der Waals surface area contributed by atoms with Gasteiger partial charge < -0.3 is 15.2 Å². The molecule has 2 aromatic rings. The minimum absolute atomic E-state index is 0.141. The van der Waals surface area contributed by atoms with Crippen LogP contribution in [0.1, 0.15) is 22.8 Å². The van der Waals surface area contributed by atoms with Gasteiger partial charge in [0, 0.05) is 26.2 Å². The van der Waals surface area contributed by atoms with Crippen molar-refractivity contribution in [1.82, 2.24) is 14.0 Å². The van der Waals surface area contributed by atoms with E-state index in [2.05, 4.69) is 0 Å². The third-order valence-corrected chi connectivity index (χ3v) is 4.90. The number of carbonyl (C=O) groups is 1. The Balaban J connectivity index is 2.38. The van der Waals surface area contributed by atoms with Crippen molar-refractivity contribution in [2.45, 2.75) is 19.5 Å². The number of nitrogen functional groups attached to an aromatic ring is 1. The fraction of sp³-hybridized carbons (Fsp3) is 0.421. The summed E-state index contributed by atoms with van der Waals surface area (Å²) in [4.78, 5) is 39.2. The number of nitrogens with two attached hydrogens (primary N) is 1. The molecular formula is C19H26N4O5. The second-order valence-electron chi connectivity index (χ2n) is 6.57. The van der Waals surface area contributed by atoms with E-state index in [1.54, 1.807) is 39.2 Å². The van der Waals surface area contributed by atoms with Crippen LogP contribution in [0, 0.1) is 0 Å². The van der Waals surface area contributed by atoms with Crippen LogP contribution < -0.4 is 26.5 Å². The molecule has 0 saturated carbocycles. The maximum atomic E-state index is 13.0. The first-order valence-corrected chi connectivity index (χ1v) is 8.65. The van der Waals surface area contributed by atoms with Gasteiger partial charge >= 0.3 is 5.69 Å². The van der Waals surface area contributed by atoms with E-state index in [1.165, 1.54) is 14.1 Å². The van der Waals surface area contributed by atoms with Crippen molar-refractivity contribution in [3.8, 4) is 11.5 Å². The van der Waals surface area contributed by atoms with Gasteiger partial charge in [-0.15, -0.1) is 0 Å². The topological polar surface area (TPSA) is 109 Å². The maximum absolute atomic E-state index is 13.0. The van der Waals surface area contributed by atoms with Crippen LogP contribution in [0.4, 0.5) is 5.82 Å². The largest absolute Gasteiger partial charge is 0.493 e. The Morgan fingerprint density at radius 3 is 2.39 bits per heavy atom. The third-order valence-electron chi connectivity index (χ3n) is 4.90. The van der Waals surface area contributed by atoms with Crippen molar-refractivity contribution in [1.29, 1.82) is 0 Å². The van der Waals surface area contributed by atoms with Gasteiger partial charge in [0.25, 0.3) is 5.56 Å². The summed E-state index contributed by atoms with van der Waals surface area (Å²) < 4.78 is 12.7. The Hall–Kier alpha value is -3.07. The number of hydrogen-bond acceptors (Lipinski definition) is 7. The van der Waals surface area contributed by atoms with Crippen molar-refractivity contribution in [2.24, 2.45) is 14.1 Å². The lowest BCUT2D eigenvalue weighted by molar-refractivity contribution is 0.0859. The Labute approximate surface area is 162 Å². The summed E-state index contributed by atoms with van der Waals surface area (Å²) in [7, 11) is 7.59. The highest BCUT2D eigenvalue weighted by atomic mass is 16.5. The number of nitrogens with zero attached hydrogens (tertiary/aromatic N) is 3. The van der Waals surface area contributed by atoms with Crippen LogP contribution >= 0.6 is 0 Å². The Bertz CT molecular complexity index is 1010. The van der Waals surface area contributed by atoms with Gasteiger partial charge in [-0.05, 0) is 20.0 Å². The van der Waals surface area contributed by atoms with E-state index in [1.807, 2.05) is 12.1 Å². The molecule has 28 heavy (non-hydrogen) atoms. The van der Waals surface area contributed by atoms with E-state index in [0.29, 0.717) is 18.0 Å². The maximum Gasteiger partial charge on any atom is 0.332 e. The summed E-state index contributed by atoms with van der Waals surface area (Å²) in [5.41, 5.74) is 5.25. The number of Topliss-reactive ketones (excluding diaryl/α,β-unsaturated/α-hetero) is 1. The molecule has 0 spiro atoms. The molecule has 0 amide bonds. The lowest BCUT2D eigenvalue weighted by atomic mass is 10.0. The predicted molar refractivity (Wildman–Crippen MR) is 106 cm³/mol. The first-order chi connectivity index (χ1) is 13.1. The van der Waals surface area contributed by atoms with E-state index >= 15 is 0 Å². The number of para-hydroxylation sites is 1. The van der Waals surface area contributed by atoms with Crippen LogP contribution in [0.2, 0.25) is 0 Å². The molecule has 0 aliphatic carbocycles. The number of likely N-dealkylation sites (N-methyl/N-ethyl adjacent to an activating group) is 1. The molecule has 0 bridgehead atoms. The molecule has 2 rings (SSSR count). The number of anilines is 1. The number of hydrogen-bond donors (Lipinski definition) is 1. The van der Waals surface area contributed by atoms with E-state index in [4.69, 9.17) is 15.2 Å². The molecule has 9 nitrogen and oxygen atoms in total. The molecule has 0 radical (unpaired) electrons. The summed E-state index contributed by atoms with van der Waals surface area (Å²) in [6.45, 7) is 2.05. The van der Waals surface area contributed by atoms with E-state index in [-0.39, 0.29) is 11.4 Å². The smallest absolute Gasteiger partial charge is 0.332 e. The highest BCUT2D eigenvalue weighted by Gasteiger charge is 2.27. The summed E-state index contributed by atoms with van der Waals surface area (Å²) in [5.74, 6) is 0.563. The quantitative estimate of drug-likeness (QED) is 0.681. The van der Waals surface area contributed by atoms with E-state index in [0.717, 1.165) is 14.7 Å². The fourth-order valence-electron chi connectivity index (χ4n) is 2.98. The van der Waals surface area contributed by atoms with Gasteiger partial charge in [-0.3, -0.25) is 23.6 Å². The van der Waals surface area contributed by atoms with Gasteiger partial charge in [0.15, 0.2) is 17.3 Å². The van der Waals surface area contributed by atoms with Gasteiger partial charge in [0.2, 0.25) is 0 Å². The molecule has 2 N–H and O–H groups in total. The molecular weight excluding hydrogens is 364 g/mol. The SMILES string of the molecule is COc1cccc(CN(C)C(C)C(=O)c2c(N)n(C)c(=O)n(C)c2=O)c1OC. The highest BCUT2D eigenvalue weighted by molar-refractivity contribution is 6.03. The number of rotatable bonds is 7. The summed E-state index contributed by atoms with van der Waals surface area (Å²) in [5, 5.41) is 0. The lowest BCUT2D eigenvalue weighted by Crippen LogP contribution is -2.45. The van der Waals surface area contributed by atoms with E-state index < -0.39 is 23.1 Å². The molecule has 1 aromatic carbocycles. The van der Waals surface area contributed by atoms with Gasteiger partial charge in [-0.25, -0.2) is 4.79 Å². The van der Waals surface area contributed by atoms with Gasteiger partial charge in [-0.1, -0.05) is 12.1 Å². The molecule has 0 aliphatic rings. The molecule has 1 heterocycles. The van der Waals surface area contributed by atoms with Crippen molar-refractivity contribution in [3.63, 3.8) is 0 Å². The zero-order valence-corrected chi connectivity index (χ0v) is 17.0. The summed E-state index contributed by atoms with van der Waals surface area (Å²) >= 11 is 0. The first-order valence-electron chi connectivity index (χ1n) is 8.65. The van der Waals surface area contributed by atoms with Crippen LogP contribution in [0.15, 0.2) is 27.8 Å². The monoisotopic (exact) mass is 390 g/mol. The number of carbonyl (C=O) groups excluding carboxylic acids is 1. The molecule has 152 valence electrons. The fourth-order valence-corrected chi connectivity index (χ4v) is 2.98. The Kier molecular flexibility index (Phi) is 6.30. The van der Waals surface area contributed by atoms with Crippen molar-refractivity contribution in [3.05, 3.63) is 50.2 Å².